The van der Waals surface area contributed by atoms with Gasteiger partial charge in [0.05, 0.1) is 11.7 Å². The Morgan fingerprint density at radius 3 is 2.60 bits per heavy atom. The Hall–Kier alpha value is 0.690. The van der Waals surface area contributed by atoms with Gasteiger partial charge in [0.15, 0.2) is 0 Å². The molecule has 2 rings (SSSR count). The molecule has 1 saturated carbocycles. The maximum Gasteiger partial charge on any atom is 0.0687 e. The van der Waals surface area contributed by atoms with E-state index in [4.69, 9.17) is 4.74 Å². The third kappa shape index (κ3) is 2.87. The second-order valence-electron chi connectivity index (χ2n) is 6.13. The van der Waals surface area contributed by atoms with Crippen molar-refractivity contribution in [3.05, 3.63) is 0 Å². The van der Waals surface area contributed by atoms with Gasteiger partial charge >= 0.3 is 0 Å². The predicted octanol–water partition coefficient (Wildman–Crippen LogP) is 4.33. The van der Waals surface area contributed by atoms with E-state index < -0.39 is 0 Å². The lowest BCUT2D eigenvalue weighted by atomic mass is 9.84. The molecule has 2 aliphatic rings. The van der Waals surface area contributed by atoms with Gasteiger partial charge in [-0.05, 0) is 43.9 Å². The van der Waals surface area contributed by atoms with Gasteiger partial charge in [0, 0.05) is 4.43 Å². The Balaban J connectivity index is 1.99. The van der Waals surface area contributed by atoms with E-state index in [0.717, 1.165) is 0 Å². The topological polar surface area (TPSA) is 9.23 Å². The van der Waals surface area contributed by atoms with Gasteiger partial charge < -0.3 is 4.74 Å². The summed E-state index contributed by atoms with van der Waals surface area (Å²) in [6.45, 7) is 4.83. The number of hydrogen-bond acceptors (Lipinski definition) is 1. The van der Waals surface area contributed by atoms with E-state index in [1.807, 2.05) is 0 Å². The number of halogens is 1. The Morgan fingerprint density at radius 2 is 1.93 bits per heavy atom. The highest BCUT2D eigenvalue weighted by Crippen LogP contribution is 2.45. The van der Waals surface area contributed by atoms with Crippen LogP contribution in [0.3, 0.4) is 0 Å². The molecule has 1 saturated heterocycles. The van der Waals surface area contributed by atoms with E-state index in [0.29, 0.717) is 11.5 Å². The highest BCUT2D eigenvalue weighted by Gasteiger charge is 2.42. The van der Waals surface area contributed by atoms with Crippen LogP contribution >= 0.6 is 22.6 Å². The number of ether oxygens (including phenoxy) is 1. The van der Waals surface area contributed by atoms with Crippen LogP contribution in [-0.4, -0.2) is 16.1 Å². The van der Waals surface area contributed by atoms with Crippen LogP contribution in [0.2, 0.25) is 0 Å². The lowest BCUT2D eigenvalue weighted by Gasteiger charge is -2.29. The third-order valence-electron chi connectivity index (χ3n) is 4.25. The molecule has 0 aromatic carbocycles. The SMILES string of the molecule is CC1(C)CCCC2(CCC(CI)O2)CC1. The van der Waals surface area contributed by atoms with Crippen molar-refractivity contribution in [3.63, 3.8) is 0 Å². The minimum atomic E-state index is 0.281. The van der Waals surface area contributed by atoms with Crippen molar-refractivity contribution in [2.75, 3.05) is 4.43 Å². The van der Waals surface area contributed by atoms with E-state index in [2.05, 4.69) is 36.4 Å². The summed E-state index contributed by atoms with van der Waals surface area (Å²) >= 11 is 2.46. The van der Waals surface area contributed by atoms with Crippen LogP contribution in [0, 0.1) is 5.41 Å². The second-order valence-corrected chi connectivity index (χ2v) is 7.01. The van der Waals surface area contributed by atoms with Gasteiger partial charge in [-0.15, -0.1) is 0 Å². The fourth-order valence-electron chi connectivity index (χ4n) is 3.08. The summed E-state index contributed by atoms with van der Waals surface area (Å²) < 4.78 is 7.47. The summed E-state index contributed by atoms with van der Waals surface area (Å²) in [5.74, 6) is 0. The van der Waals surface area contributed by atoms with E-state index in [1.54, 1.807) is 0 Å². The summed E-state index contributed by atoms with van der Waals surface area (Å²) in [5, 5.41) is 0. The molecule has 2 atom stereocenters. The standard InChI is InChI=1S/C13H23IO/c1-12(2)5-3-6-13(9-8-12)7-4-11(10-14)15-13/h11H,3-10H2,1-2H3. The van der Waals surface area contributed by atoms with Crippen LogP contribution in [0.25, 0.3) is 0 Å². The van der Waals surface area contributed by atoms with Crippen LogP contribution in [0.5, 0.6) is 0 Å². The Kier molecular flexibility index (Phi) is 3.66. The van der Waals surface area contributed by atoms with Crippen LogP contribution in [0.4, 0.5) is 0 Å². The van der Waals surface area contributed by atoms with Crippen molar-refractivity contribution in [1.29, 1.82) is 0 Å². The summed E-state index contributed by atoms with van der Waals surface area (Å²) in [4.78, 5) is 0. The maximum absolute atomic E-state index is 6.30. The highest BCUT2D eigenvalue weighted by atomic mass is 127. The Labute approximate surface area is 107 Å². The van der Waals surface area contributed by atoms with Crippen LogP contribution in [0.15, 0.2) is 0 Å². The quantitative estimate of drug-likeness (QED) is 0.516. The zero-order valence-corrected chi connectivity index (χ0v) is 12.2. The van der Waals surface area contributed by atoms with E-state index in [1.165, 1.54) is 49.4 Å². The summed E-state index contributed by atoms with van der Waals surface area (Å²) in [5.41, 5.74) is 0.832. The molecule has 0 amide bonds. The smallest absolute Gasteiger partial charge is 0.0687 e. The highest BCUT2D eigenvalue weighted by molar-refractivity contribution is 14.1. The fraction of sp³-hybridized carbons (Fsp3) is 1.00. The van der Waals surface area contributed by atoms with Gasteiger partial charge in [-0.3, -0.25) is 0 Å². The van der Waals surface area contributed by atoms with Crippen molar-refractivity contribution in [2.45, 2.75) is 70.5 Å². The summed E-state index contributed by atoms with van der Waals surface area (Å²) in [6, 6.07) is 0. The van der Waals surface area contributed by atoms with E-state index in [-0.39, 0.29) is 5.60 Å². The first-order valence-corrected chi connectivity index (χ1v) is 7.82. The fourth-order valence-corrected chi connectivity index (χ4v) is 3.70. The van der Waals surface area contributed by atoms with Gasteiger partial charge in [-0.1, -0.05) is 42.9 Å². The van der Waals surface area contributed by atoms with Crippen LogP contribution < -0.4 is 0 Å². The average Bonchev–Trinajstić information content (AvgIpc) is 2.52. The molecule has 1 spiro atoms. The normalized spacial score (nSPS) is 40.6. The number of rotatable bonds is 1. The molecule has 0 aromatic heterocycles. The maximum atomic E-state index is 6.30. The van der Waals surface area contributed by atoms with Gasteiger partial charge in [0.2, 0.25) is 0 Å². The van der Waals surface area contributed by atoms with Crippen molar-refractivity contribution in [3.8, 4) is 0 Å². The van der Waals surface area contributed by atoms with Crippen LogP contribution in [0.1, 0.15) is 58.8 Å². The second kappa shape index (κ2) is 4.52. The van der Waals surface area contributed by atoms with E-state index in [9.17, 15) is 0 Å². The number of hydrogen-bond donors (Lipinski definition) is 0. The largest absolute Gasteiger partial charge is 0.371 e. The van der Waals surface area contributed by atoms with Crippen molar-refractivity contribution < 1.29 is 4.74 Å². The molecule has 0 aromatic rings. The number of alkyl halides is 1. The van der Waals surface area contributed by atoms with Gasteiger partial charge in [0.1, 0.15) is 0 Å². The zero-order valence-electron chi connectivity index (χ0n) is 10.0. The molecule has 2 unspecified atom stereocenters. The Morgan fingerprint density at radius 1 is 1.13 bits per heavy atom. The molecule has 15 heavy (non-hydrogen) atoms. The molecule has 0 radical (unpaired) electrons. The molecule has 1 aliphatic heterocycles. The summed E-state index contributed by atoms with van der Waals surface area (Å²) in [7, 11) is 0. The molecule has 88 valence electrons. The van der Waals surface area contributed by atoms with Gasteiger partial charge in [-0.2, -0.15) is 0 Å². The molecule has 2 fully saturated rings. The Bertz CT molecular complexity index is 227. The minimum Gasteiger partial charge on any atom is -0.371 e. The molecular weight excluding hydrogens is 299 g/mol. The first kappa shape index (κ1) is 12.2. The van der Waals surface area contributed by atoms with Crippen molar-refractivity contribution in [2.24, 2.45) is 5.41 Å². The van der Waals surface area contributed by atoms with E-state index >= 15 is 0 Å². The molecule has 0 N–H and O–H groups in total. The molecular formula is C13H23IO. The first-order valence-electron chi connectivity index (χ1n) is 6.29. The third-order valence-corrected chi connectivity index (χ3v) is 5.24. The van der Waals surface area contributed by atoms with Crippen LogP contribution in [-0.2, 0) is 4.74 Å². The first-order chi connectivity index (χ1) is 7.05. The molecule has 1 aliphatic carbocycles. The minimum absolute atomic E-state index is 0.281. The monoisotopic (exact) mass is 322 g/mol. The average molecular weight is 322 g/mol. The molecule has 2 heteroatoms. The molecule has 0 bridgehead atoms. The van der Waals surface area contributed by atoms with Crippen molar-refractivity contribution >= 4 is 22.6 Å². The van der Waals surface area contributed by atoms with Gasteiger partial charge in [-0.25, -0.2) is 0 Å². The predicted molar refractivity (Wildman–Crippen MR) is 72.6 cm³/mol. The summed E-state index contributed by atoms with van der Waals surface area (Å²) in [6.07, 6.45) is 9.86. The van der Waals surface area contributed by atoms with Crippen molar-refractivity contribution in [1.82, 2.24) is 0 Å². The lowest BCUT2D eigenvalue weighted by molar-refractivity contribution is -0.0426. The molecule has 1 nitrogen and oxygen atoms in total. The van der Waals surface area contributed by atoms with Gasteiger partial charge in [0.25, 0.3) is 0 Å². The molecule has 1 heterocycles. The lowest BCUT2D eigenvalue weighted by Crippen LogP contribution is -2.29. The zero-order chi connectivity index (χ0) is 10.9.